The zero-order valence-electron chi connectivity index (χ0n) is 35.5. The second-order valence-corrected chi connectivity index (χ2v) is 21.6. The van der Waals surface area contributed by atoms with E-state index in [-0.39, 0.29) is 52.1 Å². The highest BCUT2D eigenvalue weighted by Gasteiger charge is 2.85. The topological polar surface area (TPSA) is 234 Å². The first kappa shape index (κ1) is 43.6. The Morgan fingerprint density at radius 1 is 0.776 bits per heavy atom. The summed E-state index contributed by atoms with van der Waals surface area (Å²) < 4.78 is 37.4. The molecule has 3 saturated heterocycles. The lowest BCUT2D eigenvalue weighted by atomic mass is 9.41. The van der Waals surface area contributed by atoms with Crippen molar-refractivity contribution in [1.29, 1.82) is 0 Å². The number of hydrogen-bond acceptors (Lipinski definition) is 15. The highest BCUT2D eigenvalue weighted by Crippen LogP contribution is 2.89. The van der Waals surface area contributed by atoms with E-state index >= 15 is 0 Å². The Labute approximate surface area is 341 Å². The first-order valence-corrected chi connectivity index (χ1v) is 21.8. The van der Waals surface area contributed by atoms with Crippen LogP contribution in [0, 0.1) is 44.8 Å². The number of fused-ring (bicyclic) bond motifs is 2. The molecule has 0 aromatic heterocycles. The van der Waals surface area contributed by atoms with Gasteiger partial charge in [-0.25, -0.2) is 0 Å². The van der Waals surface area contributed by atoms with Gasteiger partial charge in [0.25, 0.3) is 0 Å². The molecule has 8 rings (SSSR count). The quantitative estimate of drug-likeness (QED) is 0.127. The maximum absolute atomic E-state index is 12.2. The van der Waals surface area contributed by atoms with Crippen LogP contribution in [0.1, 0.15) is 113 Å². The van der Waals surface area contributed by atoms with Crippen molar-refractivity contribution in [3.05, 3.63) is 0 Å². The van der Waals surface area contributed by atoms with Gasteiger partial charge in [-0.2, -0.15) is 0 Å². The molecule has 3 aliphatic heterocycles. The van der Waals surface area contributed by atoms with E-state index in [0.717, 1.165) is 32.1 Å². The van der Waals surface area contributed by atoms with Gasteiger partial charge in [0.05, 0.1) is 48.8 Å². The van der Waals surface area contributed by atoms with Crippen LogP contribution in [0.2, 0.25) is 0 Å². The van der Waals surface area contributed by atoms with Crippen LogP contribution in [0.15, 0.2) is 0 Å². The zero-order chi connectivity index (χ0) is 42.3. The van der Waals surface area contributed by atoms with E-state index in [4.69, 9.17) is 28.4 Å². The van der Waals surface area contributed by atoms with Crippen LogP contribution in [-0.2, 0) is 33.2 Å². The lowest BCUT2D eigenvalue weighted by molar-refractivity contribution is -0.339. The number of carbonyl (C=O) groups excluding carboxylic acids is 1. The van der Waals surface area contributed by atoms with Crippen LogP contribution in [-0.4, -0.2) is 151 Å². The summed E-state index contributed by atoms with van der Waals surface area (Å²) in [6.45, 7) is 15.1. The molecule has 8 aliphatic rings. The minimum absolute atomic E-state index is 0.0840. The predicted molar refractivity (Wildman–Crippen MR) is 203 cm³/mol. The summed E-state index contributed by atoms with van der Waals surface area (Å²) in [6.07, 6.45) is -7.63. The van der Waals surface area contributed by atoms with Crippen molar-refractivity contribution < 1.29 is 74.1 Å². The maximum Gasteiger partial charge on any atom is 0.303 e. The molecule has 0 aromatic carbocycles. The fourth-order valence-electron chi connectivity index (χ4n) is 15.2. The van der Waals surface area contributed by atoms with Crippen LogP contribution in [0.25, 0.3) is 0 Å². The second-order valence-electron chi connectivity index (χ2n) is 21.6. The average molecular weight is 827 g/mol. The molecule has 15 heteroatoms. The van der Waals surface area contributed by atoms with E-state index in [1.165, 1.54) is 6.92 Å². The molecule has 5 saturated carbocycles. The largest absolute Gasteiger partial charge is 0.457 e. The van der Waals surface area contributed by atoms with Crippen LogP contribution < -0.4 is 0 Å². The second kappa shape index (κ2) is 14.2. The Morgan fingerprint density at radius 3 is 2.10 bits per heavy atom. The summed E-state index contributed by atoms with van der Waals surface area (Å²) in [6, 6.07) is 0. The number of aliphatic hydroxyl groups excluding tert-OH is 7. The molecular weight excluding hydrogens is 756 g/mol. The molecule has 8 N–H and O–H groups in total. The lowest BCUT2D eigenvalue weighted by Gasteiger charge is -2.65. The fourth-order valence-corrected chi connectivity index (χ4v) is 15.2. The Kier molecular flexibility index (Phi) is 10.7. The van der Waals surface area contributed by atoms with Crippen molar-refractivity contribution in [1.82, 2.24) is 0 Å². The number of ether oxygens (including phenoxy) is 6. The molecule has 15 nitrogen and oxygen atoms in total. The van der Waals surface area contributed by atoms with Crippen molar-refractivity contribution in [2.45, 2.75) is 204 Å². The van der Waals surface area contributed by atoms with Gasteiger partial charge in [-0.05, 0) is 117 Å². The molecule has 332 valence electrons. The first-order chi connectivity index (χ1) is 26.9. The third kappa shape index (κ3) is 6.17. The Bertz CT molecular complexity index is 1570. The smallest absolute Gasteiger partial charge is 0.303 e. The van der Waals surface area contributed by atoms with Gasteiger partial charge in [-0.3, -0.25) is 4.79 Å². The zero-order valence-corrected chi connectivity index (χ0v) is 35.5. The number of esters is 1. The molecule has 5 aliphatic carbocycles. The average Bonchev–Trinajstić information content (AvgIpc) is 3.50. The van der Waals surface area contributed by atoms with Gasteiger partial charge in [0.15, 0.2) is 18.7 Å². The predicted octanol–water partition coefficient (Wildman–Crippen LogP) is 1.29. The molecule has 8 fully saturated rings. The van der Waals surface area contributed by atoms with Crippen LogP contribution in [0.3, 0.4) is 0 Å². The highest BCUT2D eigenvalue weighted by atomic mass is 16.7. The third-order valence-corrected chi connectivity index (χ3v) is 17.9. The summed E-state index contributed by atoms with van der Waals surface area (Å²) in [7, 11) is 0. The monoisotopic (exact) mass is 826 g/mol. The Morgan fingerprint density at radius 2 is 1.47 bits per heavy atom. The van der Waals surface area contributed by atoms with E-state index in [1.54, 1.807) is 13.8 Å². The SMILES string of the molecule is CC(=O)O[C@@H]1CO[C@@H](O[C@H]2CC[C@]34C[C@]35CC[C@]3(C)C([C@@]6(C)CC[C@@H](C(C)(C)O)O6)[C@@H](O)C[C@@]3(C)[C@@H]5C[C@H](O[C@@H]3O[C@H](CO)[C@@H](O)[C@H](O)[C@H]3O)[C@H]4C2(C)C)[C@H](O)[C@H]1O. The molecule has 3 heterocycles. The summed E-state index contributed by atoms with van der Waals surface area (Å²) in [5.74, 6) is -0.868. The standard InChI is InChI=1S/C43H70O15/c1-20(45)54-24-18-53-35(31(50)29(24)48)57-26-10-12-43-19-42(43)14-13-39(6)33(41(8)11-9-27(58-41)38(4,5)52)21(46)16-40(39,7)25(42)15-22(34(43)37(26,2)3)55-36-32(51)30(49)28(47)23(17-44)56-36/h21-36,44,46-52H,9-19H2,1-8H3/t21-,22-,23+,24+,25-,26-,27-,28+,29-,30-,31+,32+,33?,34-,35-,36+,39+,40-,41+,42-,43+/m0/s1. The van der Waals surface area contributed by atoms with Gasteiger partial charge in [-0.1, -0.05) is 27.7 Å². The van der Waals surface area contributed by atoms with E-state index in [0.29, 0.717) is 25.7 Å². The van der Waals surface area contributed by atoms with Gasteiger partial charge in [0.1, 0.15) is 36.6 Å². The summed E-state index contributed by atoms with van der Waals surface area (Å²) in [5, 5.41) is 88.0. The lowest BCUT2D eigenvalue weighted by Crippen LogP contribution is -2.65. The summed E-state index contributed by atoms with van der Waals surface area (Å²) in [4.78, 5) is 11.6. The van der Waals surface area contributed by atoms with Gasteiger partial charge >= 0.3 is 5.97 Å². The molecule has 2 spiro atoms. The minimum atomic E-state index is -1.61. The number of carbonyl (C=O) groups is 1. The van der Waals surface area contributed by atoms with E-state index in [9.17, 15) is 45.6 Å². The van der Waals surface area contributed by atoms with E-state index in [1.807, 2.05) is 0 Å². The van der Waals surface area contributed by atoms with Crippen LogP contribution in [0.5, 0.6) is 0 Å². The molecule has 0 aromatic rings. The van der Waals surface area contributed by atoms with Crippen molar-refractivity contribution in [3.63, 3.8) is 0 Å². The normalized spacial score (nSPS) is 56.1. The van der Waals surface area contributed by atoms with E-state index in [2.05, 4.69) is 34.6 Å². The minimum Gasteiger partial charge on any atom is -0.457 e. The van der Waals surface area contributed by atoms with E-state index < -0.39 is 103 Å². The van der Waals surface area contributed by atoms with Crippen molar-refractivity contribution in [3.8, 4) is 0 Å². The van der Waals surface area contributed by atoms with Gasteiger partial charge in [-0.15, -0.1) is 0 Å². The highest BCUT2D eigenvalue weighted by molar-refractivity contribution is 5.66. The third-order valence-electron chi connectivity index (χ3n) is 17.9. The first-order valence-electron chi connectivity index (χ1n) is 21.8. The Balaban J connectivity index is 1.13. The molecular formula is C43H70O15. The Hall–Kier alpha value is -1.05. The maximum atomic E-state index is 12.2. The van der Waals surface area contributed by atoms with Crippen LogP contribution in [0.4, 0.5) is 0 Å². The molecule has 0 bridgehead atoms. The van der Waals surface area contributed by atoms with Crippen molar-refractivity contribution in [2.75, 3.05) is 13.2 Å². The molecule has 21 atom stereocenters. The summed E-state index contributed by atoms with van der Waals surface area (Å²) >= 11 is 0. The van der Waals surface area contributed by atoms with Gasteiger partial charge in [0.2, 0.25) is 0 Å². The van der Waals surface area contributed by atoms with Crippen molar-refractivity contribution >= 4 is 5.97 Å². The molecule has 0 amide bonds. The molecule has 0 radical (unpaired) electrons. The van der Waals surface area contributed by atoms with Crippen molar-refractivity contribution in [2.24, 2.45) is 44.8 Å². The fraction of sp³-hybridized carbons (Fsp3) is 0.977. The van der Waals surface area contributed by atoms with Gasteiger partial charge in [0, 0.05) is 12.8 Å². The number of rotatable bonds is 8. The van der Waals surface area contributed by atoms with Gasteiger partial charge < -0.3 is 69.3 Å². The number of hydrogen-bond donors (Lipinski definition) is 8. The van der Waals surface area contributed by atoms with Crippen LogP contribution >= 0.6 is 0 Å². The summed E-state index contributed by atoms with van der Waals surface area (Å²) in [5.41, 5.74) is -3.28. The number of aliphatic hydroxyl groups is 8. The molecule has 1 unspecified atom stereocenters. The molecule has 58 heavy (non-hydrogen) atoms.